The molecule has 0 aromatic heterocycles. The highest BCUT2D eigenvalue weighted by Gasteiger charge is 2.11. The first-order valence-corrected chi connectivity index (χ1v) is 7.13. The molecule has 0 spiro atoms. The van der Waals surface area contributed by atoms with E-state index in [1.165, 1.54) is 7.11 Å². The zero-order chi connectivity index (χ0) is 13.1. The van der Waals surface area contributed by atoms with Crippen molar-refractivity contribution in [2.45, 2.75) is 0 Å². The molecule has 0 bridgehead atoms. The maximum atomic E-state index is 11.6. The van der Waals surface area contributed by atoms with Gasteiger partial charge >= 0.3 is 5.97 Å². The monoisotopic (exact) mass is 416 g/mol. The molecule has 0 radical (unpaired) electrons. The smallest absolute Gasteiger partial charge is 0.338 e. The average molecular weight is 417 g/mol. The number of benzene rings is 2. The minimum Gasteiger partial charge on any atom is -0.465 e. The summed E-state index contributed by atoms with van der Waals surface area (Å²) < 4.78 is 6.70. The standard InChI is InChI=1S/C14H10BrIO2/c1-18-14(17)12-8-10(4-7-13(12)16)9-2-5-11(15)6-3-9/h2-8H,1H3. The molecule has 2 aromatic rings. The molecule has 18 heavy (non-hydrogen) atoms. The third-order valence-corrected chi connectivity index (χ3v) is 4.02. The van der Waals surface area contributed by atoms with E-state index in [1.807, 2.05) is 42.5 Å². The summed E-state index contributed by atoms with van der Waals surface area (Å²) in [4.78, 5) is 11.6. The van der Waals surface area contributed by atoms with Crippen LogP contribution in [-0.2, 0) is 4.74 Å². The van der Waals surface area contributed by atoms with Crippen LogP contribution < -0.4 is 0 Å². The molecule has 0 aliphatic carbocycles. The fraction of sp³-hybridized carbons (Fsp3) is 0.0714. The van der Waals surface area contributed by atoms with E-state index in [2.05, 4.69) is 38.5 Å². The number of halogens is 2. The van der Waals surface area contributed by atoms with Crippen LogP contribution in [0.1, 0.15) is 10.4 Å². The van der Waals surface area contributed by atoms with Gasteiger partial charge in [-0.25, -0.2) is 4.79 Å². The predicted octanol–water partition coefficient (Wildman–Crippen LogP) is 4.51. The molecule has 0 aliphatic heterocycles. The lowest BCUT2D eigenvalue weighted by molar-refractivity contribution is 0.0599. The SMILES string of the molecule is COC(=O)c1cc(-c2ccc(Br)cc2)ccc1I. The number of esters is 1. The van der Waals surface area contributed by atoms with Crippen molar-refractivity contribution in [2.24, 2.45) is 0 Å². The second kappa shape index (κ2) is 5.84. The molecule has 0 saturated heterocycles. The first kappa shape index (κ1) is 13.5. The lowest BCUT2D eigenvalue weighted by atomic mass is 10.0. The third kappa shape index (κ3) is 2.92. The molecule has 0 atom stereocenters. The highest BCUT2D eigenvalue weighted by molar-refractivity contribution is 14.1. The normalized spacial score (nSPS) is 10.2. The lowest BCUT2D eigenvalue weighted by Crippen LogP contribution is -2.03. The van der Waals surface area contributed by atoms with E-state index in [1.54, 1.807) is 0 Å². The molecular weight excluding hydrogens is 407 g/mol. The zero-order valence-electron chi connectivity index (χ0n) is 9.61. The fourth-order valence-corrected chi connectivity index (χ4v) is 2.43. The van der Waals surface area contributed by atoms with Gasteiger partial charge in [0, 0.05) is 8.04 Å². The van der Waals surface area contributed by atoms with Crippen LogP contribution in [0.3, 0.4) is 0 Å². The summed E-state index contributed by atoms with van der Waals surface area (Å²) in [5.41, 5.74) is 2.67. The molecule has 0 unspecified atom stereocenters. The number of carbonyl (C=O) groups excluding carboxylic acids is 1. The summed E-state index contributed by atoms with van der Waals surface area (Å²) >= 11 is 5.54. The molecular formula is C14H10BrIO2. The van der Waals surface area contributed by atoms with E-state index < -0.39 is 0 Å². The Morgan fingerprint density at radius 1 is 1.11 bits per heavy atom. The Morgan fingerprint density at radius 3 is 2.33 bits per heavy atom. The molecule has 2 rings (SSSR count). The minimum absolute atomic E-state index is 0.307. The number of rotatable bonds is 2. The predicted molar refractivity (Wildman–Crippen MR) is 83.6 cm³/mol. The number of hydrogen-bond donors (Lipinski definition) is 0. The van der Waals surface area contributed by atoms with E-state index in [4.69, 9.17) is 4.74 Å². The molecule has 0 fully saturated rings. The van der Waals surface area contributed by atoms with Gasteiger partial charge in [0.15, 0.2) is 0 Å². The van der Waals surface area contributed by atoms with Gasteiger partial charge in [-0.3, -0.25) is 0 Å². The summed E-state index contributed by atoms with van der Waals surface area (Å²) in [6.07, 6.45) is 0. The van der Waals surface area contributed by atoms with Crippen molar-refractivity contribution in [3.8, 4) is 11.1 Å². The molecule has 0 N–H and O–H groups in total. The molecule has 4 heteroatoms. The lowest BCUT2D eigenvalue weighted by Gasteiger charge is -2.07. The van der Waals surface area contributed by atoms with Gasteiger partial charge < -0.3 is 4.74 Å². The zero-order valence-corrected chi connectivity index (χ0v) is 13.4. The maximum Gasteiger partial charge on any atom is 0.338 e. The van der Waals surface area contributed by atoms with Crippen LogP contribution >= 0.6 is 38.5 Å². The maximum absolute atomic E-state index is 11.6. The topological polar surface area (TPSA) is 26.3 Å². The van der Waals surface area contributed by atoms with Gasteiger partial charge in [0.2, 0.25) is 0 Å². The Labute approximate surface area is 128 Å². The molecule has 92 valence electrons. The first-order valence-electron chi connectivity index (χ1n) is 5.25. The third-order valence-electron chi connectivity index (χ3n) is 2.55. The quantitative estimate of drug-likeness (QED) is 0.532. The van der Waals surface area contributed by atoms with Crippen molar-refractivity contribution in [3.05, 3.63) is 56.1 Å². The van der Waals surface area contributed by atoms with Crippen LogP contribution in [0.15, 0.2) is 46.9 Å². The van der Waals surface area contributed by atoms with Crippen LogP contribution in [0.2, 0.25) is 0 Å². The molecule has 2 aromatic carbocycles. The minimum atomic E-state index is -0.307. The van der Waals surface area contributed by atoms with Crippen molar-refractivity contribution in [2.75, 3.05) is 7.11 Å². The van der Waals surface area contributed by atoms with Gasteiger partial charge in [-0.1, -0.05) is 34.1 Å². The highest BCUT2D eigenvalue weighted by Crippen LogP contribution is 2.25. The second-order valence-corrected chi connectivity index (χ2v) is 5.77. The van der Waals surface area contributed by atoms with Gasteiger partial charge in [0.05, 0.1) is 12.7 Å². The van der Waals surface area contributed by atoms with Gasteiger partial charge in [0.1, 0.15) is 0 Å². The summed E-state index contributed by atoms with van der Waals surface area (Å²) in [7, 11) is 1.39. The van der Waals surface area contributed by atoms with Crippen LogP contribution in [0.5, 0.6) is 0 Å². The van der Waals surface area contributed by atoms with E-state index in [0.717, 1.165) is 19.2 Å². The molecule has 0 heterocycles. The second-order valence-electron chi connectivity index (χ2n) is 3.69. The van der Waals surface area contributed by atoms with E-state index in [0.29, 0.717) is 5.56 Å². The molecule has 2 nitrogen and oxygen atoms in total. The molecule has 0 amide bonds. The summed E-state index contributed by atoms with van der Waals surface area (Å²) in [6.45, 7) is 0. The van der Waals surface area contributed by atoms with E-state index >= 15 is 0 Å². The van der Waals surface area contributed by atoms with Crippen molar-refractivity contribution < 1.29 is 9.53 Å². The highest BCUT2D eigenvalue weighted by atomic mass is 127. The van der Waals surface area contributed by atoms with Crippen LogP contribution in [0.4, 0.5) is 0 Å². The van der Waals surface area contributed by atoms with Crippen LogP contribution in [0, 0.1) is 3.57 Å². The van der Waals surface area contributed by atoms with E-state index in [-0.39, 0.29) is 5.97 Å². The van der Waals surface area contributed by atoms with Crippen molar-refractivity contribution in [1.82, 2.24) is 0 Å². The Balaban J connectivity index is 2.46. The molecule has 0 saturated carbocycles. The summed E-state index contributed by atoms with van der Waals surface area (Å²) in [5, 5.41) is 0. The molecule has 0 aliphatic rings. The van der Waals surface area contributed by atoms with Gasteiger partial charge in [-0.2, -0.15) is 0 Å². The van der Waals surface area contributed by atoms with Gasteiger partial charge in [-0.05, 0) is 58.0 Å². The largest absolute Gasteiger partial charge is 0.465 e. The van der Waals surface area contributed by atoms with E-state index in [9.17, 15) is 4.79 Å². The Kier molecular flexibility index (Phi) is 4.40. The number of hydrogen-bond acceptors (Lipinski definition) is 2. The Bertz CT molecular complexity index is 579. The number of methoxy groups -OCH3 is 1. The fourth-order valence-electron chi connectivity index (χ4n) is 1.61. The number of carbonyl (C=O) groups is 1. The van der Waals surface area contributed by atoms with Crippen LogP contribution in [0.25, 0.3) is 11.1 Å². The van der Waals surface area contributed by atoms with Crippen LogP contribution in [-0.4, -0.2) is 13.1 Å². The Hall–Kier alpha value is -0.880. The Morgan fingerprint density at radius 2 is 1.72 bits per heavy atom. The van der Waals surface area contributed by atoms with Crippen molar-refractivity contribution >= 4 is 44.5 Å². The van der Waals surface area contributed by atoms with Crippen molar-refractivity contribution in [3.63, 3.8) is 0 Å². The number of ether oxygens (including phenoxy) is 1. The summed E-state index contributed by atoms with van der Waals surface area (Å²) in [6, 6.07) is 13.7. The first-order chi connectivity index (χ1) is 8.61. The van der Waals surface area contributed by atoms with Gasteiger partial charge in [0.25, 0.3) is 0 Å². The van der Waals surface area contributed by atoms with Crippen molar-refractivity contribution in [1.29, 1.82) is 0 Å². The van der Waals surface area contributed by atoms with Gasteiger partial charge in [-0.15, -0.1) is 0 Å². The average Bonchev–Trinajstić information content (AvgIpc) is 2.39. The summed E-state index contributed by atoms with van der Waals surface area (Å²) in [5.74, 6) is -0.307.